The Morgan fingerprint density at radius 1 is 1.28 bits per heavy atom. The Bertz CT molecular complexity index is 604. The average molecular weight is 263 g/mol. The summed E-state index contributed by atoms with van der Waals surface area (Å²) in [5.74, 6) is -0.598. The highest BCUT2D eigenvalue weighted by atomic mass is 32.2. The molecule has 0 atom stereocenters. The molecule has 0 aliphatic heterocycles. The Morgan fingerprint density at radius 2 is 1.94 bits per heavy atom. The largest absolute Gasteiger partial charge is 0.476 e. The molecule has 2 aromatic rings. The molecule has 18 heavy (non-hydrogen) atoms. The van der Waals surface area contributed by atoms with E-state index in [0.717, 1.165) is 16.0 Å². The zero-order valence-electron chi connectivity index (χ0n) is 10.4. The van der Waals surface area contributed by atoms with Crippen molar-refractivity contribution in [2.24, 2.45) is 0 Å². The van der Waals surface area contributed by atoms with E-state index in [2.05, 4.69) is 11.2 Å². The maximum Gasteiger partial charge on any atom is 0.358 e. The molecule has 1 heterocycles. The highest BCUT2D eigenvalue weighted by Gasteiger charge is 2.15. The van der Waals surface area contributed by atoms with Gasteiger partial charge in [0, 0.05) is 16.5 Å². The van der Waals surface area contributed by atoms with E-state index in [-0.39, 0.29) is 5.69 Å². The summed E-state index contributed by atoms with van der Waals surface area (Å²) in [7, 11) is 0. The number of carboxylic acid groups (broad SMARTS) is 1. The van der Waals surface area contributed by atoms with Crippen LogP contribution in [0.2, 0.25) is 0 Å². The second-order valence-electron chi connectivity index (χ2n) is 4.02. The molecular formula is C13H13NO3S. The van der Waals surface area contributed by atoms with Crippen LogP contribution in [0, 0.1) is 13.8 Å². The molecule has 1 N–H and O–H groups in total. The zero-order chi connectivity index (χ0) is 13.3. The Kier molecular flexibility index (Phi) is 3.43. The van der Waals surface area contributed by atoms with Gasteiger partial charge in [-0.3, -0.25) is 0 Å². The summed E-state index contributed by atoms with van der Waals surface area (Å²) in [4.78, 5) is 11.8. The number of carboxylic acids is 1. The molecule has 0 aliphatic carbocycles. The summed E-state index contributed by atoms with van der Waals surface area (Å²) in [5.41, 5.74) is 3.14. The zero-order valence-corrected chi connectivity index (χ0v) is 11.2. The van der Waals surface area contributed by atoms with E-state index in [1.807, 2.05) is 26.2 Å². The topological polar surface area (TPSA) is 63.3 Å². The van der Waals surface area contributed by atoms with Crippen LogP contribution in [0.5, 0.6) is 0 Å². The lowest BCUT2D eigenvalue weighted by atomic mass is 10.0. The van der Waals surface area contributed by atoms with Crippen molar-refractivity contribution < 1.29 is 14.4 Å². The van der Waals surface area contributed by atoms with Gasteiger partial charge in [-0.15, -0.1) is 11.8 Å². The molecule has 0 saturated carbocycles. The first-order valence-corrected chi connectivity index (χ1v) is 6.61. The molecule has 0 spiro atoms. The quantitative estimate of drug-likeness (QED) is 0.860. The van der Waals surface area contributed by atoms with Crippen LogP contribution in [0.4, 0.5) is 0 Å². The molecule has 2 rings (SSSR count). The van der Waals surface area contributed by atoms with Crippen molar-refractivity contribution in [3.63, 3.8) is 0 Å². The van der Waals surface area contributed by atoms with E-state index in [1.165, 1.54) is 11.6 Å². The second kappa shape index (κ2) is 4.86. The van der Waals surface area contributed by atoms with Gasteiger partial charge in [0.2, 0.25) is 0 Å². The minimum atomic E-state index is -1.08. The third-order valence-corrected chi connectivity index (χ3v) is 3.59. The lowest BCUT2D eigenvalue weighted by Gasteiger charge is -2.08. The lowest BCUT2D eigenvalue weighted by Crippen LogP contribution is -1.94. The van der Waals surface area contributed by atoms with Gasteiger partial charge in [0.25, 0.3) is 0 Å². The summed E-state index contributed by atoms with van der Waals surface area (Å²) in [6.45, 7) is 4.05. The first kappa shape index (κ1) is 12.7. The number of hydrogen-bond acceptors (Lipinski definition) is 4. The molecular weight excluding hydrogens is 250 g/mol. The molecule has 94 valence electrons. The number of thioether (sulfide) groups is 1. The maximum absolute atomic E-state index is 10.8. The van der Waals surface area contributed by atoms with Crippen LogP contribution in [-0.4, -0.2) is 22.5 Å². The van der Waals surface area contributed by atoms with Crippen LogP contribution in [0.1, 0.15) is 21.6 Å². The van der Waals surface area contributed by atoms with Crippen molar-refractivity contribution in [3.05, 3.63) is 35.0 Å². The van der Waals surface area contributed by atoms with Crippen molar-refractivity contribution in [3.8, 4) is 11.3 Å². The van der Waals surface area contributed by atoms with Gasteiger partial charge < -0.3 is 9.63 Å². The van der Waals surface area contributed by atoms with Crippen LogP contribution in [0.25, 0.3) is 11.3 Å². The number of carbonyl (C=O) groups is 1. The minimum absolute atomic E-state index is 0.0738. The van der Waals surface area contributed by atoms with Crippen LogP contribution >= 0.6 is 11.8 Å². The molecule has 0 bridgehead atoms. The minimum Gasteiger partial charge on any atom is -0.476 e. The van der Waals surface area contributed by atoms with Crippen LogP contribution in [0.3, 0.4) is 0 Å². The SMILES string of the molecule is CSc1cc(C)c(C)cc1-c1cc(C(=O)O)no1. The Morgan fingerprint density at radius 3 is 2.50 bits per heavy atom. The fraction of sp³-hybridized carbons (Fsp3) is 0.231. The molecule has 0 radical (unpaired) electrons. The normalized spacial score (nSPS) is 10.6. The van der Waals surface area contributed by atoms with Gasteiger partial charge in [-0.1, -0.05) is 5.16 Å². The molecule has 0 fully saturated rings. The van der Waals surface area contributed by atoms with E-state index < -0.39 is 5.97 Å². The predicted molar refractivity (Wildman–Crippen MR) is 70.2 cm³/mol. The molecule has 1 aromatic carbocycles. The number of aromatic carboxylic acids is 1. The van der Waals surface area contributed by atoms with Crippen molar-refractivity contribution in [1.82, 2.24) is 5.16 Å². The third-order valence-electron chi connectivity index (χ3n) is 2.81. The monoisotopic (exact) mass is 263 g/mol. The van der Waals surface area contributed by atoms with Crippen LogP contribution in [0.15, 0.2) is 27.6 Å². The summed E-state index contributed by atoms with van der Waals surface area (Å²) in [6.07, 6.45) is 1.97. The van der Waals surface area contributed by atoms with Gasteiger partial charge in [0.15, 0.2) is 11.5 Å². The first-order chi connectivity index (χ1) is 8.52. The molecule has 5 heteroatoms. The van der Waals surface area contributed by atoms with Gasteiger partial charge >= 0.3 is 5.97 Å². The van der Waals surface area contributed by atoms with Gasteiger partial charge in [0.1, 0.15) is 0 Å². The summed E-state index contributed by atoms with van der Waals surface area (Å²) in [5, 5.41) is 12.4. The Labute approximate surface area is 109 Å². The fourth-order valence-electron chi connectivity index (χ4n) is 1.65. The lowest BCUT2D eigenvalue weighted by molar-refractivity contribution is 0.0686. The standard InChI is InChI=1S/C13H13NO3S/c1-7-4-9(12(18-3)5-8(7)2)11-6-10(13(15)16)14-17-11/h4-6H,1-3H3,(H,15,16). The Hall–Kier alpha value is -1.75. The number of aromatic nitrogens is 1. The van der Waals surface area contributed by atoms with E-state index >= 15 is 0 Å². The van der Waals surface area contributed by atoms with Gasteiger partial charge in [0.05, 0.1) is 0 Å². The van der Waals surface area contributed by atoms with E-state index in [4.69, 9.17) is 9.63 Å². The number of aryl methyl sites for hydroxylation is 2. The number of hydrogen-bond donors (Lipinski definition) is 1. The third kappa shape index (κ3) is 2.26. The average Bonchev–Trinajstić information content (AvgIpc) is 2.81. The molecule has 1 aromatic heterocycles. The molecule has 0 amide bonds. The smallest absolute Gasteiger partial charge is 0.358 e. The number of nitrogens with zero attached hydrogens (tertiary/aromatic N) is 1. The fourth-order valence-corrected chi connectivity index (χ4v) is 2.33. The molecule has 4 nitrogen and oxygen atoms in total. The van der Waals surface area contributed by atoms with Crippen LogP contribution in [-0.2, 0) is 0 Å². The van der Waals surface area contributed by atoms with Gasteiger partial charge in [-0.05, 0) is 43.4 Å². The highest BCUT2D eigenvalue weighted by molar-refractivity contribution is 7.98. The molecule has 0 saturated heterocycles. The van der Waals surface area contributed by atoms with Crippen LogP contribution < -0.4 is 0 Å². The van der Waals surface area contributed by atoms with Crippen molar-refractivity contribution >= 4 is 17.7 Å². The van der Waals surface area contributed by atoms with Crippen molar-refractivity contribution in [2.45, 2.75) is 18.7 Å². The second-order valence-corrected chi connectivity index (χ2v) is 4.87. The van der Waals surface area contributed by atoms with E-state index in [9.17, 15) is 4.79 Å². The van der Waals surface area contributed by atoms with E-state index in [0.29, 0.717) is 5.76 Å². The molecule has 0 aliphatic rings. The predicted octanol–water partition coefficient (Wildman–Crippen LogP) is 3.38. The van der Waals surface area contributed by atoms with Crippen molar-refractivity contribution in [1.29, 1.82) is 0 Å². The summed E-state index contributed by atoms with van der Waals surface area (Å²) in [6, 6.07) is 5.51. The number of benzene rings is 1. The first-order valence-electron chi connectivity index (χ1n) is 5.38. The van der Waals surface area contributed by atoms with E-state index in [1.54, 1.807) is 11.8 Å². The summed E-state index contributed by atoms with van der Waals surface area (Å²) < 4.78 is 5.11. The summed E-state index contributed by atoms with van der Waals surface area (Å²) >= 11 is 1.60. The number of rotatable bonds is 3. The maximum atomic E-state index is 10.8. The Balaban J connectivity index is 2.55. The highest BCUT2D eigenvalue weighted by Crippen LogP contribution is 2.33. The van der Waals surface area contributed by atoms with Gasteiger partial charge in [-0.25, -0.2) is 4.79 Å². The van der Waals surface area contributed by atoms with Crippen molar-refractivity contribution in [2.75, 3.05) is 6.26 Å². The molecule has 0 unspecified atom stereocenters. The van der Waals surface area contributed by atoms with Gasteiger partial charge in [-0.2, -0.15) is 0 Å².